The van der Waals surface area contributed by atoms with Crippen molar-refractivity contribution in [1.29, 1.82) is 0 Å². The maximum absolute atomic E-state index is 10.5. The van der Waals surface area contributed by atoms with Gasteiger partial charge in [0.2, 0.25) is 6.41 Å². The fourth-order valence-electron chi connectivity index (χ4n) is 1.35. The molecule has 1 heterocycles. The van der Waals surface area contributed by atoms with Gasteiger partial charge in [0.05, 0.1) is 0 Å². The molecule has 1 atom stereocenters. The van der Waals surface area contributed by atoms with Crippen LogP contribution in [0.3, 0.4) is 0 Å². The summed E-state index contributed by atoms with van der Waals surface area (Å²) in [6.07, 6.45) is 3.04. The number of likely N-dealkylation sites (tertiary alicyclic amines) is 1. The summed E-state index contributed by atoms with van der Waals surface area (Å²) in [7, 11) is 0. The highest BCUT2D eigenvalue weighted by atomic mass is 16.4. The molecule has 1 rings (SSSR count). The summed E-state index contributed by atoms with van der Waals surface area (Å²) in [5.41, 5.74) is 0. The average Bonchev–Trinajstić information content (AvgIpc) is 2.04. The van der Waals surface area contributed by atoms with Crippen molar-refractivity contribution in [2.75, 3.05) is 6.54 Å². The van der Waals surface area contributed by atoms with E-state index in [2.05, 4.69) is 0 Å². The van der Waals surface area contributed by atoms with Crippen molar-refractivity contribution in [2.45, 2.75) is 25.3 Å². The normalized spacial score (nSPS) is 24.7. The van der Waals surface area contributed by atoms with Crippen molar-refractivity contribution < 1.29 is 14.7 Å². The van der Waals surface area contributed by atoms with Crippen LogP contribution in [-0.2, 0) is 9.59 Å². The van der Waals surface area contributed by atoms with E-state index >= 15 is 0 Å². The van der Waals surface area contributed by atoms with Crippen molar-refractivity contribution >= 4 is 12.4 Å². The number of aliphatic carboxylic acids is 1. The van der Waals surface area contributed by atoms with Crippen LogP contribution in [0.1, 0.15) is 19.3 Å². The van der Waals surface area contributed by atoms with Gasteiger partial charge in [-0.2, -0.15) is 0 Å². The van der Waals surface area contributed by atoms with Crippen LogP contribution in [0.2, 0.25) is 0 Å². The van der Waals surface area contributed by atoms with Gasteiger partial charge >= 0.3 is 5.97 Å². The number of nitrogens with zero attached hydrogens (tertiary/aromatic N) is 1. The van der Waals surface area contributed by atoms with Crippen LogP contribution in [0, 0.1) is 0 Å². The monoisotopic (exact) mass is 157 g/mol. The van der Waals surface area contributed by atoms with Gasteiger partial charge in [0.25, 0.3) is 0 Å². The van der Waals surface area contributed by atoms with E-state index in [4.69, 9.17) is 5.11 Å². The maximum Gasteiger partial charge on any atom is 0.326 e. The third-order valence-electron chi connectivity index (χ3n) is 1.96. The summed E-state index contributed by atoms with van der Waals surface area (Å²) in [5.74, 6) is -0.892. The van der Waals surface area contributed by atoms with Gasteiger partial charge in [0.15, 0.2) is 0 Å². The first-order valence-electron chi connectivity index (χ1n) is 3.69. The number of amides is 1. The molecule has 0 aromatic heterocycles. The Balaban J connectivity index is 2.58. The minimum absolute atomic E-state index is 0.582. The number of carboxylic acid groups (broad SMARTS) is 1. The fraction of sp³-hybridized carbons (Fsp3) is 0.714. The molecule has 0 aliphatic carbocycles. The van der Waals surface area contributed by atoms with E-state index in [-0.39, 0.29) is 0 Å². The summed E-state index contributed by atoms with van der Waals surface area (Å²) < 4.78 is 0. The number of carbonyl (C=O) groups excluding carboxylic acids is 1. The Morgan fingerprint density at radius 3 is 2.73 bits per heavy atom. The molecular weight excluding hydrogens is 146 g/mol. The van der Waals surface area contributed by atoms with Gasteiger partial charge in [0.1, 0.15) is 6.04 Å². The van der Waals surface area contributed by atoms with Gasteiger partial charge in [-0.3, -0.25) is 4.79 Å². The zero-order valence-corrected chi connectivity index (χ0v) is 6.19. The molecular formula is C7H11NO3. The highest BCUT2D eigenvalue weighted by Gasteiger charge is 2.26. The van der Waals surface area contributed by atoms with E-state index in [9.17, 15) is 9.59 Å². The van der Waals surface area contributed by atoms with E-state index in [0.717, 1.165) is 12.8 Å². The molecule has 1 saturated heterocycles. The van der Waals surface area contributed by atoms with E-state index in [1.54, 1.807) is 0 Å². The highest BCUT2D eigenvalue weighted by Crippen LogP contribution is 2.14. The molecule has 4 heteroatoms. The molecule has 1 amide bonds. The molecule has 0 bridgehead atoms. The van der Waals surface area contributed by atoms with Crippen LogP contribution in [0.15, 0.2) is 0 Å². The van der Waals surface area contributed by atoms with Gasteiger partial charge in [-0.05, 0) is 19.3 Å². The second-order valence-corrected chi connectivity index (χ2v) is 2.69. The predicted molar refractivity (Wildman–Crippen MR) is 38.0 cm³/mol. The molecule has 0 aromatic rings. The Morgan fingerprint density at radius 1 is 1.55 bits per heavy atom. The largest absolute Gasteiger partial charge is 0.480 e. The van der Waals surface area contributed by atoms with Crippen LogP contribution in [0.4, 0.5) is 0 Å². The molecule has 11 heavy (non-hydrogen) atoms. The topological polar surface area (TPSA) is 57.6 Å². The Morgan fingerprint density at radius 2 is 2.27 bits per heavy atom. The lowest BCUT2D eigenvalue weighted by molar-refractivity contribution is -0.147. The van der Waals surface area contributed by atoms with Gasteiger partial charge < -0.3 is 10.0 Å². The number of hydrogen-bond acceptors (Lipinski definition) is 2. The standard InChI is InChI=1S/C7H11NO3/c9-5-8-4-2-1-3-6(8)7(10)11/h5-6H,1-4H2,(H,10,11)/t6-/m0/s1. The minimum atomic E-state index is -0.892. The van der Waals surface area contributed by atoms with Crippen LogP contribution in [-0.4, -0.2) is 35.0 Å². The summed E-state index contributed by atoms with van der Waals surface area (Å²) in [6.45, 7) is 0.584. The first-order chi connectivity index (χ1) is 5.25. The Labute approximate surface area is 64.8 Å². The molecule has 1 aliphatic rings. The lowest BCUT2D eigenvalue weighted by atomic mass is 10.0. The van der Waals surface area contributed by atoms with Crippen LogP contribution in [0.25, 0.3) is 0 Å². The lowest BCUT2D eigenvalue weighted by Crippen LogP contribution is -2.43. The molecule has 0 aromatic carbocycles. The third-order valence-corrected chi connectivity index (χ3v) is 1.96. The minimum Gasteiger partial charge on any atom is -0.480 e. The second-order valence-electron chi connectivity index (χ2n) is 2.69. The fourth-order valence-corrected chi connectivity index (χ4v) is 1.35. The molecule has 0 saturated carbocycles. The van der Waals surface area contributed by atoms with Crippen LogP contribution in [0.5, 0.6) is 0 Å². The van der Waals surface area contributed by atoms with Crippen molar-refractivity contribution in [3.8, 4) is 0 Å². The maximum atomic E-state index is 10.5. The number of carboxylic acids is 1. The molecule has 62 valence electrons. The Bertz CT molecular complexity index is 169. The average molecular weight is 157 g/mol. The quantitative estimate of drug-likeness (QED) is 0.577. The van der Waals surface area contributed by atoms with Crippen molar-refractivity contribution in [3.05, 3.63) is 0 Å². The van der Waals surface area contributed by atoms with E-state index < -0.39 is 12.0 Å². The molecule has 0 radical (unpaired) electrons. The zero-order chi connectivity index (χ0) is 8.27. The molecule has 1 fully saturated rings. The smallest absolute Gasteiger partial charge is 0.326 e. The molecule has 1 N–H and O–H groups in total. The SMILES string of the molecule is O=CN1CCCC[C@H]1C(=O)O. The Kier molecular flexibility index (Phi) is 2.46. The van der Waals surface area contributed by atoms with Crippen molar-refractivity contribution in [2.24, 2.45) is 0 Å². The predicted octanol–water partition coefficient (Wildman–Crippen LogP) is 0.0819. The van der Waals surface area contributed by atoms with Crippen molar-refractivity contribution in [3.63, 3.8) is 0 Å². The van der Waals surface area contributed by atoms with E-state index in [1.165, 1.54) is 4.90 Å². The summed E-state index contributed by atoms with van der Waals surface area (Å²) in [5, 5.41) is 8.64. The molecule has 0 spiro atoms. The molecule has 4 nitrogen and oxygen atoms in total. The highest BCUT2D eigenvalue weighted by molar-refractivity contribution is 5.76. The van der Waals surface area contributed by atoms with Crippen LogP contribution < -0.4 is 0 Å². The molecule has 1 aliphatic heterocycles. The number of rotatable bonds is 2. The molecule has 0 unspecified atom stereocenters. The van der Waals surface area contributed by atoms with Gasteiger partial charge in [-0.25, -0.2) is 4.79 Å². The second kappa shape index (κ2) is 3.37. The summed E-state index contributed by atoms with van der Waals surface area (Å²) in [4.78, 5) is 22.2. The number of hydrogen-bond donors (Lipinski definition) is 1. The van der Waals surface area contributed by atoms with Gasteiger partial charge in [-0.15, -0.1) is 0 Å². The van der Waals surface area contributed by atoms with Crippen molar-refractivity contribution in [1.82, 2.24) is 4.90 Å². The summed E-state index contributed by atoms with van der Waals surface area (Å²) >= 11 is 0. The van der Waals surface area contributed by atoms with E-state index in [0.29, 0.717) is 19.4 Å². The Hall–Kier alpha value is -1.06. The van der Waals surface area contributed by atoms with Crippen LogP contribution >= 0.6 is 0 Å². The number of piperidine rings is 1. The lowest BCUT2D eigenvalue weighted by Gasteiger charge is -2.29. The number of carbonyl (C=O) groups is 2. The summed E-state index contributed by atoms with van der Waals surface area (Å²) in [6, 6.07) is -0.582. The van der Waals surface area contributed by atoms with E-state index in [1.807, 2.05) is 0 Å². The third kappa shape index (κ3) is 1.69. The first kappa shape index (κ1) is 8.04. The van der Waals surface area contributed by atoms with Gasteiger partial charge in [-0.1, -0.05) is 0 Å². The zero-order valence-electron chi connectivity index (χ0n) is 6.19. The first-order valence-corrected chi connectivity index (χ1v) is 3.69. The van der Waals surface area contributed by atoms with Gasteiger partial charge in [0, 0.05) is 6.54 Å².